The predicted octanol–water partition coefficient (Wildman–Crippen LogP) is 5.64. The van der Waals surface area contributed by atoms with E-state index in [0.29, 0.717) is 5.92 Å². The van der Waals surface area contributed by atoms with Crippen molar-refractivity contribution in [2.45, 2.75) is 36.2 Å². The summed E-state index contributed by atoms with van der Waals surface area (Å²) in [6.45, 7) is 0.799. The van der Waals surface area contributed by atoms with Gasteiger partial charge in [-0.15, -0.1) is 21.5 Å². The van der Waals surface area contributed by atoms with Crippen LogP contribution in [0.3, 0.4) is 0 Å². The van der Waals surface area contributed by atoms with Gasteiger partial charge in [-0.25, -0.2) is 4.98 Å². The maximum Gasteiger partial charge on any atom is 0.191 e. The molecule has 8 heteroatoms. The fraction of sp³-hybridized carbons (Fsp3) is 0.292. The van der Waals surface area contributed by atoms with E-state index in [4.69, 9.17) is 14.5 Å². The van der Waals surface area contributed by atoms with Crippen LogP contribution in [0.5, 0.6) is 11.5 Å². The van der Waals surface area contributed by atoms with Crippen molar-refractivity contribution in [2.75, 3.05) is 14.2 Å². The second kappa shape index (κ2) is 9.34. The van der Waals surface area contributed by atoms with E-state index in [9.17, 15) is 0 Å². The van der Waals surface area contributed by atoms with Crippen molar-refractivity contribution in [3.63, 3.8) is 0 Å². The molecule has 0 N–H and O–H groups in total. The van der Waals surface area contributed by atoms with Crippen molar-refractivity contribution in [2.24, 2.45) is 0 Å². The molecule has 0 amide bonds. The Balaban J connectivity index is 1.33. The van der Waals surface area contributed by atoms with E-state index >= 15 is 0 Å². The van der Waals surface area contributed by atoms with E-state index in [2.05, 4.69) is 44.4 Å². The van der Waals surface area contributed by atoms with E-state index in [-0.39, 0.29) is 0 Å². The van der Waals surface area contributed by atoms with Crippen molar-refractivity contribution in [1.29, 1.82) is 0 Å². The normalized spacial score (nSPS) is 13.3. The highest BCUT2D eigenvalue weighted by molar-refractivity contribution is 7.98. The van der Waals surface area contributed by atoms with Crippen LogP contribution in [0.25, 0.3) is 10.6 Å². The Morgan fingerprint density at radius 1 is 1.06 bits per heavy atom. The number of nitrogens with zero attached hydrogens (tertiary/aromatic N) is 4. The van der Waals surface area contributed by atoms with Crippen LogP contribution in [0.2, 0.25) is 0 Å². The molecular weight excluding hydrogens is 440 g/mol. The van der Waals surface area contributed by atoms with Crippen LogP contribution in [-0.4, -0.2) is 34.0 Å². The Bertz CT molecular complexity index is 1200. The Kier molecular flexibility index (Phi) is 6.14. The maximum atomic E-state index is 5.54. The zero-order valence-electron chi connectivity index (χ0n) is 18.0. The number of methoxy groups -OCH3 is 2. The molecule has 0 saturated heterocycles. The van der Waals surface area contributed by atoms with Gasteiger partial charge in [-0.1, -0.05) is 42.1 Å². The van der Waals surface area contributed by atoms with Crippen LogP contribution in [0.1, 0.15) is 35.8 Å². The van der Waals surface area contributed by atoms with Gasteiger partial charge in [0, 0.05) is 23.1 Å². The first-order chi connectivity index (χ1) is 15.7. The smallest absolute Gasteiger partial charge is 0.191 e. The third-order valence-electron chi connectivity index (χ3n) is 5.41. The van der Waals surface area contributed by atoms with Crippen molar-refractivity contribution < 1.29 is 9.47 Å². The molecule has 4 aromatic rings. The van der Waals surface area contributed by atoms with Crippen LogP contribution < -0.4 is 9.47 Å². The Hall–Kier alpha value is -2.84. The summed E-state index contributed by atoms with van der Waals surface area (Å²) in [5.41, 5.74) is 3.26. The number of benzene rings is 2. The molecule has 1 saturated carbocycles. The van der Waals surface area contributed by atoms with E-state index in [1.165, 1.54) is 18.4 Å². The second-order valence-electron chi connectivity index (χ2n) is 7.69. The number of ether oxygens (including phenoxy) is 2. The van der Waals surface area contributed by atoms with Gasteiger partial charge in [0.05, 0.1) is 32.0 Å². The monoisotopic (exact) mass is 464 g/mol. The zero-order chi connectivity index (χ0) is 21.9. The van der Waals surface area contributed by atoms with Crippen LogP contribution in [0, 0.1) is 0 Å². The summed E-state index contributed by atoms with van der Waals surface area (Å²) in [5, 5.41) is 13.0. The van der Waals surface area contributed by atoms with Crippen LogP contribution in [0.4, 0.5) is 0 Å². The van der Waals surface area contributed by atoms with Crippen LogP contribution in [-0.2, 0) is 12.3 Å². The first-order valence-corrected chi connectivity index (χ1v) is 12.4. The van der Waals surface area contributed by atoms with Gasteiger partial charge in [0.1, 0.15) is 22.3 Å². The molecule has 0 atom stereocenters. The standard InChI is InChI=1S/C24H24N4O2S2/c1-29-19-10-11-20(21(12-19)30-2)23-25-18(14-31-23)15-32-24-27-26-22(17-8-9-17)28(24)13-16-6-4-3-5-7-16/h3-7,10-12,14,17H,8-9,13,15H2,1-2H3. The van der Waals surface area contributed by atoms with Crippen molar-refractivity contribution in [1.82, 2.24) is 19.7 Å². The second-order valence-corrected chi connectivity index (χ2v) is 9.49. The van der Waals surface area contributed by atoms with Crippen LogP contribution in [0.15, 0.2) is 59.1 Å². The largest absolute Gasteiger partial charge is 0.497 e. The SMILES string of the molecule is COc1ccc(-c2nc(CSc3nnc(C4CC4)n3Cc3ccccc3)cs2)c(OC)c1. The number of thiazole rings is 1. The first kappa shape index (κ1) is 21.0. The van der Waals surface area contributed by atoms with Crippen LogP contribution >= 0.6 is 23.1 Å². The quantitative estimate of drug-likeness (QED) is 0.299. The summed E-state index contributed by atoms with van der Waals surface area (Å²) < 4.78 is 13.1. The predicted molar refractivity (Wildman–Crippen MR) is 128 cm³/mol. The van der Waals surface area contributed by atoms with Gasteiger partial charge in [0.2, 0.25) is 0 Å². The highest BCUT2D eigenvalue weighted by Crippen LogP contribution is 2.41. The molecule has 0 bridgehead atoms. The fourth-order valence-corrected chi connectivity index (χ4v) is 5.37. The highest BCUT2D eigenvalue weighted by Gasteiger charge is 2.30. The molecule has 32 heavy (non-hydrogen) atoms. The molecule has 2 heterocycles. The lowest BCUT2D eigenvalue weighted by Gasteiger charge is -2.09. The molecule has 0 radical (unpaired) electrons. The lowest BCUT2D eigenvalue weighted by molar-refractivity contribution is 0.395. The van der Waals surface area contributed by atoms with E-state index in [1.807, 2.05) is 24.3 Å². The van der Waals surface area contributed by atoms with Gasteiger partial charge in [0.25, 0.3) is 0 Å². The van der Waals surface area contributed by atoms with Gasteiger partial charge in [-0.3, -0.25) is 0 Å². The summed E-state index contributed by atoms with van der Waals surface area (Å²) in [5.74, 6) is 3.93. The number of thioether (sulfide) groups is 1. The molecule has 5 rings (SSSR count). The molecule has 2 aromatic carbocycles. The fourth-order valence-electron chi connectivity index (χ4n) is 3.58. The Morgan fingerprint density at radius 3 is 2.66 bits per heavy atom. The lowest BCUT2D eigenvalue weighted by Crippen LogP contribution is -2.06. The highest BCUT2D eigenvalue weighted by atomic mass is 32.2. The molecule has 1 aliphatic carbocycles. The number of hydrogen-bond donors (Lipinski definition) is 0. The average molecular weight is 465 g/mol. The zero-order valence-corrected chi connectivity index (χ0v) is 19.7. The number of rotatable bonds is 9. The summed E-state index contributed by atoms with van der Waals surface area (Å²) in [6, 6.07) is 16.3. The third kappa shape index (κ3) is 4.52. The van der Waals surface area contributed by atoms with E-state index in [1.54, 1.807) is 37.3 Å². The molecule has 0 unspecified atom stereocenters. The van der Waals surface area contributed by atoms with E-state index in [0.717, 1.165) is 51.0 Å². The molecule has 1 fully saturated rings. The van der Waals surface area contributed by atoms with Gasteiger partial charge in [0.15, 0.2) is 5.16 Å². The minimum Gasteiger partial charge on any atom is -0.497 e. The molecule has 6 nitrogen and oxygen atoms in total. The first-order valence-electron chi connectivity index (χ1n) is 10.5. The third-order valence-corrected chi connectivity index (χ3v) is 7.34. The summed E-state index contributed by atoms with van der Waals surface area (Å²) in [6.07, 6.45) is 2.41. The minimum atomic E-state index is 0.550. The topological polar surface area (TPSA) is 62.1 Å². The molecule has 2 aromatic heterocycles. The summed E-state index contributed by atoms with van der Waals surface area (Å²) in [7, 11) is 3.32. The summed E-state index contributed by atoms with van der Waals surface area (Å²) >= 11 is 3.31. The minimum absolute atomic E-state index is 0.550. The lowest BCUT2D eigenvalue weighted by atomic mass is 10.2. The average Bonchev–Trinajstić information content (AvgIpc) is 3.44. The molecule has 164 valence electrons. The maximum absolute atomic E-state index is 5.54. The molecule has 1 aliphatic rings. The van der Waals surface area contributed by atoms with Crippen molar-refractivity contribution >= 4 is 23.1 Å². The molecular formula is C24H24N4O2S2. The Morgan fingerprint density at radius 2 is 1.91 bits per heavy atom. The number of aromatic nitrogens is 4. The van der Waals surface area contributed by atoms with Crippen molar-refractivity contribution in [3.8, 4) is 22.1 Å². The van der Waals surface area contributed by atoms with Gasteiger partial charge in [-0.2, -0.15) is 0 Å². The molecule has 0 spiro atoms. The van der Waals surface area contributed by atoms with Gasteiger partial charge >= 0.3 is 0 Å². The van der Waals surface area contributed by atoms with Gasteiger partial charge in [-0.05, 0) is 30.5 Å². The molecule has 0 aliphatic heterocycles. The number of hydrogen-bond acceptors (Lipinski definition) is 7. The van der Waals surface area contributed by atoms with Crippen molar-refractivity contribution in [3.05, 3.63) is 71.0 Å². The van der Waals surface area contributed by atoms with E-state index < -0.39 is 0 Å². The Labute approximate surface area is 195 Å². The van der Waals surface area contributed by atoms with Gasteiger partial charge < -0.3 is 14.0 Å². The summed E-state index contributed by atoms with van der Waals surface area (Å²) in [4.78, 5) is 4.85.